The van der Waals surface area contributed by atoms with E-state index >= 15 is 0 Å². The van der Waals surface area contributed by atoms with Gasteiger partial charge in [-0.05, 0) is 38.0 Å². The van der Waals surface area contributed by atoms with Crippen LogP contribution in [-0.2, 0) is 6.42 Å². The molecule has 11 heteroatoms. The van der Waals surface area contributed by atoms with Gasteiger partial charge in [0.25, 0.3) is 5.91 Å². The third-order valence-electron chi connectivity index (χ3n) is 6.36. The van der Waals surface area contributed by atoms with E-state index in [1.807, 2.05) is 23.2 Å². The van der Waals surface area contributed by atoms with Crippen molar-refractivity contribution >= 4 is 67.3 Å². The maximum absolute atomic E-state index is 12.8. The molecular weight excluding hydrogens is 501 g/mol. The summed E-state index contributed by atoms with van der Waals surface area (Å²) in [5.41, 5.74) is 2.90. The lowest BCUT2D eigenvalue weighted by atomic mass is 9.97. The Balaban J connectivity index is 1.11. The molecule has 2 aliphatic heterocycles. The van der Waals surface area contributed by atoms with Crippen LogP contribution >= 0.6 is 34.4 Å². The molecule has 2 aliphatic rings. The Labute approximate surface area is 214 Å². The number of amides is 1. The van der Waals surface area contributed by atoms with Gasteiger partial charge in [-0.3, -0.25) is 14.9 Å². The summed E-state index contributed by atoms with van der Waals surface area (Å²) in [4.78, 5) is 46.2. The van der Waals surface area contributed by atoms with Crippen molar-refractivity contribution in [3.05, 3.63) is 51.9 Å². The summed E-state index contributed by atoms with van der Waals surface area (Å²) in [6.07, 6.45) is 4.67. The maximum atomic E-state index is 12.8. The van der Waals surface area contributed by atoms with E-state index in [1.54, 1.807) is 29.8 Å². The highest BCUT2D eigenvalue weighted by Gasteiger charge is 2.28. The lowest BCUT2D eigenvalue weighted by Gasteiger charge is -2.32. The first-order valence-corrected chi connectivity index (χ1v) is 14.1. The van der Waals surface area contributed by atoms with E-state index in [-0.39, 0.29) is 11.7 Å². The summed E-state index contributed by atoms with van der Waals surface area (Å²) in [6.45, 7) is 3.37. The van der Waals surface area contributed by atoms with Crippen molar-refractivity contribution in [3.63, 3.8) is 0 Å². The fraction of sp³-hybridized carbons (Fsp3) is 0.333. The standard InChI is InChI=1S/C24H22N6O2S3/c1-13(31)15-2-3-19-17(10-15)28-24(35-19)29-22(32)18-11-34-23(27-18)14-4-7-30(8-5-14)21-20-16(6-9-33-20)25-12-26-21/h2-3,10-12,14H,4-9H2,1H3,(H,28,29,32). The van der Waals surface area contributed by atoms with Gasteiger partial charge in [-0.15, -0.1) is 23.1 Å². The van der Waals surface area contributed by atoms with Gasteiger partial charge in [0.2, 0.25) is 0 Å². The third kappa shape index (κ3) is 4.43. The second-order valence-electron chi connectivity index (χ2n) is 8.62. The zero-order chi connectivity index (χ0) is 23.9. The first kappa shape index (κ1) is 22.6. The van der Waals surface area contributed by atoms with Gasteiger partial charge in [-0.2, -0.15) is 0 Å². The van der Waals surface area contributed by atoms with Crippen LogP contribution in [-0.4, -0.2) is 50.5 Å². The van der Waals surface area contributed by atoms with E-state index in [9.17, 15) is 9.59 Å². The van der Waals surface area contributed by atoms with Crippen LogP contribution in [0.4, 0.5) is 10.9 Å². The quantitative estimate of drug-likeness (QED) is 0.364. The van der Waals surface area contributed by atoms with Crippen LogP contribution in [0.3, 0.4) is 0 Å². The Hall–Kier alpha value is -2.89. The van der Waals surface area contributed by atoms with Gasteiger partial charge < -0.3 is 4.90 Å². The van der Waals surface area contributed by atoms with E-state index in [0.29, 0.717) is 27.8 Å². The molecule has 5 heterocycles. The van der Waals surface area contributed by atoms with Crippen molar-refractivity contribution in [2.24, 2.45) is 0 Å². The minimum atomic E-state index is -0.260. The molecular formula is C24H22N6O2S3. The average molecular weight is 523 g/mol. The molecule has 6 rings (SSSR count). The largest absolute Gasteiger partial charge is 0.356 e. The number of ketones is 1. The van der Waals surface area contributed by atoms with E-state index in [2.05, 4.69) is 30.2 Å². The number of piperidine rings is 1. The van der Waals surface area contributed by atoms with E-state index in [1.165, 1.54) is 28.8 Å². The number of nitrogens with one attached hydrogen (secondary N) is 1. The molecule has 0 unspecified atom stereocenters. The highest BCUT2D eigenvalue weighted by Crippen LogP contribution is 2.39. The number of nitrogens with zero attached hydrogens (tertiary/aromatic N) is 5. The number of hydrogen-bond acceptors (Lipinski definition) is 10. The van der Waals surface area contributed by atoms with Crippen LogP contribution in [0.5, 0.6) is 0 Å². The predicted molar refractivity (Wildman–Crippen MR) is 140 cm³/mol. The van der Waals surface area contributed by atoms with Crippen molar-refractivity contribution in [2.75, 3.05) is 29.1 Å². The van der Waals surface area contributed by atoms with Crippen molar-refractivity contribution < 1.29 is 9.59 Å². The number of rotatable bonds is 5. The lowest BCUT2D eigenvalue weighted by molar-refractivity contribution is 0.101. The first-order valence-electron chi connectivity index (χ1n) is 11.4. The molecule has 0 atom stereocenters. The maximum Gasteiger partial charge on any atom is 0.276 e. The van der Waals surface area contributed by atoms with Gasteiger partial charge in [-0.25, -0.2) is 19.9 Å². The summed E-state index contributed by atoms with van der Waals surface area (Å²) in [5.74, 6) is 2.22. The SMILES string of the molecule is CC(=O)c1ccc2sc(NC(=O)c3csc(C4CCN(c5ncnc6c5SCC6)CC4)n3)nc2c1. The second kappa shape index (κ2) is 9.29. The Bertz CT molecular complexity index is 1440. The van der Waals surface area contributed by atoms with Gasteiger partial charge in [-0.1, -0.05) is 11.3 Å². The van der Waals surface area contributed by atoms with Crippen molar-refractivity contribution in [3.8, 4) is 0 Å². The fourth-order valence-electron chi connectivity index (χ4n) is 4.48. The summed E-state index contributed by atoms with van der Waals surface area (Å²) in [5, 5.41) is 6.20. The van der Waals surface area contributed by atoms with Gasteiger partial charge in [0, 0.05) is 42.1 Å². The number of thiazole rings is 2. The molecule has 4 aromatic rings. The smallest absolute Gasteiger partial charge is 0.276 e. The zero-order valence-electron chi connectivity index (χ0n) is 19.0. The second-order valence-corrected chi connectivity index (χ2v) is 11.6. The predicted octanol–water partition coefficient (Wildman–Crippen LogP) is 5.03. The highest BCUT2D eigenvalue weighted by molar-refractivity contribution is 7.99. The van der Waals surface area contributed by atoms with Crippen molar-refractivity contribution in [1.82, 2.24) is 19.9 Å². The Morgan fingerprint density at radius 1 is 1.14 bits per heavy atom. The summed E-state index contributed by atoms with van der Waals surface area (Å²) in [7, 11) is 0. The summed E-state index contributed by atoms with van der Waals surface area (Å²) >= 11 is 4.79. The Morgan fingerprint density at radius 3 is 2.83 bits per heavy atom. The van der Waals surface area contributed by atoms with Gasteiger partial charge >= 0.3 is 0 Å². The van der Waals surface area contributed by atoms with Gasteiger partial charge in [0.05, 0.1) is 25.8 Å². The molecule has 0 bridgehead atoms. The minimum Gasteiger partial charge on any atom is -0.356 e. The molecule has 178 valence electrons. The zero-order valence-corrected chi connectivity index (χ0v) is 21.4. The average Bonchev–Trinajstić information content (AvgIpc) is 3.62. The van der Waals surface area contributed by atoms with Gasteiger partial charge in [0.1, 0.15) is 17.8 Å². The topological polar surface area (TPSA) is 101 Å². The van der Waals surface area contributed by atoms with Crippen LogP contribution < -0.4 is 10.2 Å². The van der Waals surface area contributed by atoms with Crippen LogP contribution in [0.2, 0.25) is 0 Å². The molecule has 0 radical (unpaired) electrons. The number of benzene rings is 1. The fourth-order valence-corrected chi connectivity index (χ4v) is 7.42. The number of carbonyl (C=O) groups excluding carboxylic acids is 2. The summed E-state index contributed by atoms with van der Waals surface area (Å²) in [6, 6.07) is 5.40. The Kier molecular flexibility index (Phi) is 5.99. The van der Waals surface area contributed by atoms with E-state index < -0.39 is 0 Å². The molecule has 1 amide bonds. The molecule has 1 fully saturated rings. The number of thioether (sulfide) groups is 1. The number of fused-ring (bicyclic) bond motifs is 2. The molecule has 1 N–H and O–H groups in total. The first-order chi connectivity index (χ1) is 17.0. The molecule has 3 aromatic heterocycles. The third-order valence-corrected chi connectivity index (χ3v) is 9.43. The van der Waals surface area contributed by atoms with Crippen molar-refractivity contribution in [1.29, 1.82) is 0 Å². The minimum absolute atomic E-state index is 0.00819. The Morgan fingerprint density at radius 2 is 2.00 bits per heavy atom. The monoisotopic (exact) mass is 522 g/mol. The molecule has 0 spiro atoms. The van der Waals surface area contributed by atoms with Gasteiger partial charge in [0.15, 0.2) is 10.9 Å². The van der Waals surface area contributed by atoms with E-state index in [4.69, 9.17) is 0 Å². The number of carbonyl (C=O) groups is 2. The van der Waals surface area contributed by atoms with Crippen LogP contribution in [0, 0.1) is 0 Å². The molecule has 0 saturated carbocycles. The molecule has 8 nitrogen and oxygen atoms in total. The number of aryl methyl sites for hydroxylation is 1. The molecule has 0 aliphatic carbocycles. The molecule has 1 saturated heterocycles. The lowest BCUT2D eigenvalue weighted by Crippen LogP contribution is -2.34. The summed E-state index contributed by atoms with van der Waals surface area (Å²) < 4.78 is 0.920. The molecule has 1 aromatic carbocycles. The number of aromatic nitrogens is 4. The number of Topliss-reactive ketones (excluding diaryl/α,β-unsaturated/α-hetero) is 1. The van der Waals surface area contributed by atoms with Crippen LogP contribution in [0.1, 0.15) is 57.2 Å². The number of hydrogen-bond donors (Lipinski definition) is 1. The van der Waals surface area contributed by atoms with E-state index in [0.717, 1.165) is 53.6 Å². The number of anilines is 2. The normalized spacial score (nSPS) is 16.0. The van der Waals surface area contributed by atoms with Crippen LogP contribution in [0.15, 0.2) is 34.8 Å². The highest BCUT2D eigenvalue weighted by atomic mass is 32.2. The van der Waals surface area contributed by atoms with Crippen molar-refractivity contribution in [2.45, 2.75) is 37.0 Å². The van der Waals surface area contributed by atoms with Crippen LogP contribution in [0.25, 0.3) is 10.2 Å². The molecule has 35 heavy (non-hydrogen) atoms.